The van der Waals surface area contributed by atoms with E-state index in [9.17, 15) is 14.9 Å². The van der Waals surface area contributed by atoms with E-state index in [1.165, 1.54) is 10.9 Å². The Morgan fingerprint density at radius 1 is 1.55 bits per heavy atom. The molecule has 122 valence electrons. The third kappa shape index (κ3) is 4.01. The number of nitrogens with one attached hydrogen (secondary N) is 1. The topological polar surface area (TPSA) is 103 Å². The van der Waals surface area contributed by atoms with E-state index in [-0.39, 0.29) is 17.4 Å². The van der Waals surface area contributed by atoms with Gasteiger partial charge in [0, 0.05) is 32.2 Å². The zero-order valence-electron chi connectivity index (χ0n) is 12.8. The second kappa shape index (κ2) is 7.32. The van der Waals surface area contributed by atoms with Crippen molar-refractivity contribution in [3.05, 3.63) is 22.0 Å². The number of nitro groups is 1. The number of morpholine rings is 1. The van der Waals surface area contributed by atoms with Crippen molar-refractivity contribution >= 4 is 11.6 Å². The number of hydrogen-bond donors (Lipinski definition) is 1. The fourth-order valence-corrected chi connectivity index (χ4v) is 2.38. The zero-order valence-corrected chi connectivity index (χ0v) is 12.8. The Morgan fingerprint density at radius 3 is 2.82 bits per heavy atom. The average molecular weight is 311 g/mol. The van der Waals surface area contributed by atoms with Crippen LogP contribution in [0.25, 0.3) is 0 Å². The van der Waals surface area contributed by atoms with Crippen LogP contribution in [0.2, 0.25) is 0 Å². The summed E-state index contributed by atoms with van der Waals surface area (Å²) >= 11 is 0. The number of carbonyl (C=O) groups excluding carboxylic acids is 1. The molecule has 1 N–H and O–H groups in total. The molecule has 2 heterocycles. The SMILES string of the molecule is CCn1cc([N+](=O)[O-])c(C(=O)N[C@@H](C)CN2CCOCC2)n1. The highest BCUT2D eigenvalue weighted by atomic mass is 16.6. The summed E-state index contributed by atoms with van der Waals surface area (Å²) in [6.45, 7) is 7.85. The molecule has 9 nitrogen and oxygen atoms in total. The highest BCUT2D eigenvalue weighted by Crippen LogP contribution is 2.16. The maximum atomic E-state index is 12.2. The predicted octanol–water partition coefficient (Wildman–Crippen LogP) is 0.262. The molecular weight excluding hydrogens is 290 g/mol. The van der Waals surface area contributed by atoms with Crippen LogP contribution in [0.15, 0.2) is 6.20 Å². The molecule has 0 radical (unpaired) electrons. The lowest BCUT2D eigenvalue weighted by Crippen LogP contribution is -2.46. The summed E-state index contributed by atoms with van der Waals surface area (Å²) in [5.41, 5.74) is -0.404. The van der Waals surface area contributed by atoms with E-state index >= 15 is 0 Å². The Kier molecular flexibility index (Phi) is 5.45. The molecule has 0 spiro atoms. The number of aryl methyl sites for hydroxylation is 1. The third-order valence-corrected chi connectivity index (χ3v) is 3.49. The second-order valence-corrected chi connectivity index (χ2v) is 5.26. The van der Waals surface area contributed by atoms with Crippen molar-refractivity contribution in [2.75, 3.05) is 32.8 Å². The molecule has 1 atom stereocenters. The molecule has 0 saturated carbocycles. The van der Waals surface area contributed by atoms with Crippen molar-refractivity contribution in [3.63, 3.8) is 0 Å². The molecule has 2 rings (SSSR count). The van der Waals surface area contributed by atoms with Crippen molar-refractivity contribution in [1.82, 2.24) is 20.0 Å². The van der Waals surface area contributed by atoms with Crippen molar-refractivity contribution in [3.8, 4) is 0 Å². The number of rotatable bonds is 6. The smallest absolute Gasteiger partial charge is 0.320 e. The van der Waals surface area contributed by atoms with Gasteiger partial charge in [-0.15, -0.1) is 0 Å². The van der Waals surface area contributed by atoms with Crippen LogP contribution in [0.4, 0.5) is 5.69 Å². The van der Waals surface area contributed by atoms with E-state index < -0.39 is 10.8 Å². The van der Waals surface area contributed by atoms with Gasteiger partial charge in [-0.3, -0.25) is 24.5 Å². The highest BCUT2D eigenvalue weighted by Gasteiger charge is 2.26. The monoisotopic (exact) mass is 311 g/mol. The molecule has 1 aromatic heterocycles. The minimum absolute atomic E-state index is 0.128. The maximum Gasteiger partial charge on any atom is 0.320 e. The molecule has 22 heavy (non-hydrogen) atoms. The lowest BCUT2D eigenvalue weighted by Gasteiger charge is -2.29. The lowest BCUT2D eigenvalue weighted by molar-refractivity contribution is -0.385. The van der Waals surface area contributed by atoms with Gasteiger partial charge in [0.15, 0.2) is 0 Å². The van der Waals surface area contributed by atoms with E-state index in [4.69, 9.17) is 4.74 Å². The van der Waals surface area contributed by atoms with E-state index in [0.717, 1.165) is 13.1 Å². The molecule has 0 unspecified atom stereocenters. The predicted molar refractivity (Wildman–Crippen MR) is 78.7 cm³/mol. The zero-order chi connectivity index (χ0) is 16.1. The molecule has 1 amide bonds. The summed E-state index contributed by atoms with van der Waals surface area (Å²) in [5, 5.41) is 17.8. The number of aromatic nitrogens is 2. The van der Waals surface area contributed by atoms with Crippen LogP contribution in [0.1, 0.15) is 24.3 Å². The van der Waals surface area contributed by atoms with Crippen molar-refractivity contribution in [2.45, 2.75) is 26.4 Å². The number of hydrogen-bond acceptors (Lipinski definition) is 6. The summed E-state index contributed by atoms with van der Waals surface area (Å²) in [6, 6.07) is -0.128. The summed E-state index contributed by atoms with van der Waals surface area (Å²) in [5.74, 6) is -0.514. The highest BCUT2D eigenvalue weighted by molar-refractivity contribution is 5.96. The molecule has 1 fully saturated rings. The van der Waals surface area contributed by atoms with E-state index in [2.05, 4.69) is 15.3 Å². The Balaban J connectivity index is 1.98. The van der Waals surface area contributed by atoms with Gasteiger partial charge in [0.1, 0.15) is 6.20 Å². The fourth-order valence-electron chi connectivity index (χ4n) is 2.38. The number of nitrogens with zero attached hydrogens (tertiary/aromatic N) is 4. The van der Waals surface area contributed by atoms with E-state index in [1.54, 1.807) is 6.92 Å². The minimum Gasteiger partial charge on any atom is -0.379 e. The van der Waals surface area contributed by atoms with Crippen molar-refractivity contribution in [1.29, 1.82) is 0 Å². The second-order valence-electron chi connectivity index (χ2n) is 5.26. The normalized spacial score (nSPS) is 17.2. The van der Waals surface area contributed by atoms with Crippen LogP contribution in [0.3, 0.4) is 0 Å². The van der Waals surface area contributed by atoms with E-state index in [1.807, 2.05) is 6.92 Å². The van der Waals surface area contributed by atoms with Gasteiger partial charge in [0.25, 0.3) is 5.91 Å². The lowest BCUT2D eigenvalue weighted by atomic mass is 10.2. The van der Waals surface area contributed by atoms with Crippen LogP contribution in [-0.2, 0) is 11.3 Å². The molecule has 0 bridgehead atoms. The molecule has 1 aliphatic heterocycles. The quantitative estimate of drug-likeness (QED) is 0.597. The van der Waals surface area contributed by atoms with E-state index in [0.29, 0.717) is 26.3 Å². The first-order valence-corrected chi connectivity index (χ1v) is 7.34. The number of carbonyl (C=O) groups is 1. The standard InChI is InChI=1S/C13H21N5O4/c1-3-17-9-11(18(20)21)12(15-17)13(19)14-10(2)8-16-4-6-22-7-5-16/h9-10H,3-8H2,1-2H3,(H,14,19)/t10-/m0/s1. The van der Waals surface area contributed by atoms with Gasteiger partial charge in [0.2, 0.25) is 5.69 Å². The van der Waals surface area contributed by atoms with Crippen LogP contribution < -0.4 is 5.32 Å². The number of amides is 1. The average Bonchev–Trinajstić information content (AvgIpc) is 2.92. The summed E-state index contributed by atoms with van der Waals surface area (Å²) < 4.78 is 6.66. The first-order chi connectivity index (χ1) is 10.5. The largest absolute Gasteiger partial charge is 0.379 e. The van der Waals surface area contributed by atoms with Gasteiger partial charge in [-0.2, -0.15) is 5.10 Å². The fraction of sp³-hybridized carbons (Fsp3) is 0.692. The van der Waals surface area contributed by atoms with Gasteiger partial charge >= 0.3 is 5.69 Å². The van der Waals surface area contributed by atoms with Gasteiger partial charge in [0.05, 0.1) is 18.1 Å². The first-order valence-electron chi connectivity index (χ1n) is 7.34. The maximum absolute atomic E-state index is 12.2. The Hall–Kier alpha value is -2.00. The van der Waals surface area contributed by atoms with Gasteiger partial charge in [-0.05, 0) is 13.8 Å². The Bertz CT molecular complexity index is 539. The molecule has 9 heteroatoms. The van der Waals surface area contributed by atoms with Crippen LogP contribution >= 0.6 is 0 Å². The Labute approximate surface area is 128 Å². The number of ether oxygens (including phenoxy) is 1. The summed E-state index contributed by atoms with van der Waals surface area (Å²) in [6.07, 6.45) is 1.28. The molecule has 1 aromatic rings. The Morgan fingerprint density at radius 2 is 2.23 bits per heavy atom. The summed E-state index contributed by atoms with van der Waals surface area (Å²) in [7, 11) is 0. The third-order valence-electron chi connectivity index (χ3n) is 3.49. The van der Waals surface area contributed by atoms with Gasteiger partial charge in [-0.25, -0.2) is 0 Å². The molecule has 0 aliphatic carbocycles. The van der Waals surface area contributed by atoms with Gasteiger partial charge in [-0.1, -0.05) is 0 Å². The van der Waals surface area contributed by atoms with Crippen LogP contribution in [0, 0.1) is 10.1 Å². The molecule has 0 aromatic carbocycles. The summed E-state index contributed by atoms with van der Waals surface area (Å²) in [4.78, 5) is 24.8. The minimum atomic E-state index is -0.583. The van der Waals surface area contributed by atoms with Crippen molar-refractivity contribution in [2.24, 2.45) is 0 Å². The molecular formula is C13H21N5O4. The van der Waals surface area contributed by atoms with Crippen molar-refractivity contribution < 1.29 is 14.5 Å². The first kappa shape index (κ1) is 16.4. The molecule has 1 aliphatic rings. The van der Waals surface area contributed by atoms with Crippen LogP contribution in [0.5, 0.6) is 0 Å². The molecule has 1 saturated heterocycles. The van der Waals surface area contributed by atoms with Gasteiger partial charge < -0.3 is 10.1 Å². The van der Waals surface area contributed by atoms with Crippen LogP contribution in [-0.4, -0.2) is 64.4 Å².